The number of rotatable bonds is 5. The number of aromatic nitrogens is 1. The summed E-state index contributed by atoms with van der Waals surface area (Å²) in [5.41, 5.74) is 3.74. The van der Waals surface area contributed by atoms with Crippen LogP contribution in [0.3, 0.4) is 0 Å². The number of hydrogen-bond donors (Lipinski definition) is 2. The van der Waals surface area contributed by atoms with E-state index in [1.165, 1.54) is 5.56 Å². The maximum atomic E-state index is 12.2. The molecule has 0 aliphatic rings. The lowest BCUT2D eigenvalue weighted by Crippen LogP contribution is -2.22. The lowest BCUT2D eigenvalue weighted by Gasteiger charge is -2.08. The molecule has 0 atom stereocenters. The van der Waals surface area contributed by atoms with Gasteiger partial charge >= 0.3 is 0 Å². The van der Waals surface area contributed by atoms with E-state index in [9.17, 15) is 4.79 Å². The smallest absolute Gasteiger partial charge is 0.253 e. The summed E-state index contributed by atoms with van der Waals surface area (Å²) in [6.07, 6.45) is 1.58. The van der Waals surface area contributed by atoms with Gasteiger partial charge in [0.05, 0.1) is 5.56 Å². The molecule has 2 aromatic carbocycles. The molecule has 0 bridgehead atoms. The predicted molar refractivity (Wildman–Crippen MR) is 104 cm³/mol. The molecule has 4 nitrogen and oxygen atoms in total. The third-order valence-electron chi connectivity index (χ3n) is 3.72. The average molecular weight is 396 g/mol. The van der Waals surface area contributed by atoms with Crippen molar-refractivity contribution in [2.45, 2.75) is 13.5 Å². The molecule has 5 heteroatoms. The Morgan fingerprint density at radius 3 is 2.36 bits per heavy atom. The largest absolute Gasteiger partial charge is 0.348 e. The van der Waals surface area contributed by atoms with Crippen LogP contribution in [0.2, 0.25) is 0 Å². The van der Waals surface area contributed by atoms with Crippen molar-refractivity contribution in [3.05, 3.63) is 88.0 Å². The van der Waals surface area contributed by atoms with E-state index in [4.69, 9.17) is 0 Å². The maximum absolute atomic E-state index is 12.2. The number of carbonyl (C=O) groups is 1. The zero-order valence-electron chi connectivity index (χ0n) is 13.8. The summed E-state index contributed by atoms with van der Waals surface area (Å²) in [5, 5.41) is 6.10. The summed E-state index contributed by atoms with van der Waals surface area (Å²) < 4.78 is 1.02. The first kappa shape index (κ1) is 17.2. The fraction of sp³-hybridized carbons (Fsp3) is 0.100. The van der Waals surface area contributed by atoms with Gasteiger partial charge in [-0.25, -0.2) is 4.98 Å². The Morgan fingerprint density at radius 1 is 1.00 bits per heavy atom. The summed E-state index contributed by atoms with van der Waals surface area (Å²) >= 11 is 3.40. The molecule has 3 aromatic rings. The van der Waals surface area contributed by atoms with E-state index < -0.39 is 0 Å². The topological polar surface area (TPSA) is 54.0 Å². The minimum atomic E-state index is -0.136. The molecule has 1 heterocycles. The number of pyridine rings is 1. The third-order valence-corrected chi connectivity index (χ3v) is 4.24. The van der Waals surface area contributed by atoms with Crippen LogP contribution < -0.4 is 10.6 Å². The first-order chi connectivity index (χ1) is 12.1. The van der Waals surface area contributed by atoms with Crippen LogP contribution >= 0.6 is 15.9 Å². The van der Waals surface area contributed by atoms with E-state index in [1.54, 1.807) is 18.3 Å². The number of aryl methyl sites for hydroxylation is 1. The summed E-state index contributed by atoms with van der Waals surface area (Å²) in [7, 11) is 0. The molecule has 0 saturated carbocycles. The van der Waals surface area contributed by atoms with Crippen molar-refractivity contribution in [3.63, 3.8) is 0 Å². The van der Waals surface area contributed by atoms with Gasteiger partial charge < -0.3 is 10.6 Å². The van der Waals surface area contributed by atoms with Crippen molar-refractivity contribution in [2.75, 3.05) is 5.32 Å². The lowest BCUT2D eigenvalue weighted by molar-refractivity contribution is 0.0950. The van der Waals surface area contributed by atoms with Gasteiger partial charge in [0.1, 0.15) is 5.82 Å². The van der Waals surface area contributed by atoms with Gasteiger partial charge in [-0.1, -0.05) is 45.8 Å². The van der Waals surface area contributed by atoms with Gasteiger partial charge in [-0.15, -0.1) is 0 Å². The highest BCUT2D eigenvalue weighted by molar-refractivity contribution is 9.10. The second-order valence-electron chi connectivity index (χ2n) is 5.73. The minimum Gasteiger partial charge on any atom is -0.348 e. The van der Waals surface area contributed by atoms with Crippen LogP contribution in [0, 0.1) is 6.92 Å². The van der Waals surface area contributed by atoms with E-state index in [1.807, 2.05) is 55.5 Å². The van der Waals surface area contributed by atoms with E-state index in [0.29, 0.717) is 17.9 Å². The van der Waals surface area contributed by atoms with Crippen molar-refractivity contribution >= 4 is 33.3 Å². The molecule has 0 radical (unpaired) electrons. The Morgan fingerprint density at radius 2 is 1.72 bits per heavy atom. The van der Waals surface area contributed by atoms with Gasteiger partial charge in [0.15, 0.2) is 0 Å². The van der Waals surface area contributed by atoms with Gasteiger partial charge in [-0.3, -0.25) is 4.79 Å². The van der Waals surface area contributed by atoms with Crippen molar-refractivity contribution in [3.8, 4) is 0 Å². The number of halogens is 1. The van der Waals surface area contributed by atoms with Gasteiger partial charge in [0.2, 0.25) is 0 Å². The van der Waals surface area contributed by atoms with Crippen LogP contribution in [-0.2, 0) is 6.54 Å². The van der Waals surface area contributed by atoms with Crippen LogP contribution in [0.15, 0.2) is 71.3 Å². The second kappa shape index (κ2) is 7.94. The summed E-state index contributed by atoms with van der Waals surface area (Å²) in [5.74, 6) is 0.556. The number of nitrogens with one attached hydrogen (secondary N) is 2. The Balaban J connectivity index is 1.58. The molecule has 0 spiro atoms. The zero-order valence-corrected chi connectivity index (χ0v) is 15.4. The molecular formula is C20H18BrN3O. The van der Waals surface area contributed by atoms with Crippen molar-refractivity contribution < 1.29 is 4.79 Å². The van der Waals surface area contributed by atoms with Crippen LogP contribution in [0.1, 0.15) is 21.5 Å². The highest BCUT2D eigenvalue weighted by atomic mass is 79.9. The fourth-order valence-electron chi connectivity index (χ4n) is 2.27. The summed E-state index contributed by atoms with van der Waals surface area (Å²) in [4.78, 5) is 16.5. The van der Waals surface area contributed by atoms with E-state index in [-0.39, 0.29) is 5.91 Å². The Kier molecular flexibility index (Phi) is 5.46. The molecule has 0 saturated heterocycles. The number of carbonyl (C=O) groups excluding carboxylic acids is 1. The molecule has 2 N–H and O–H groups in total. The molecular weight excluding hydrogens is 378 g/mol. The minimum absolute atomic E-state index is 0.136. The highest BCUT2D eigenvalue weighted by Gasteiger charge is 2.06. The third kappa shape index (κ3) is 4.90. The molecule has 1 amide bonds. The van der Waals surface area contributed by atoms with E-state index in [2.05, 4.69) is 31.5 Å². The average Bonchev–Trinajstić information content (AvgIpc) is 2.63. The highest BCUT2D eigenvalue weighted by Crippen LogP contribution is 2.18. The van der Waals surface area contributed by atoms with Crippen LogP contribution in [-0.4, -0.2) is 10.9 Å². The fourth-order valence-corrected chi connectivity index (χ4v) is 2.54. The Bertz CT molecular complexity index is 844. The normalized spacial score (nSPS) is 10.3. The monoisotopic (exact) mass is 395 g/mol. The molecule has 0 aliphatic heterocycles. The summed E-state index contributed by atoms with van der Waals surface area (Å²) in [6, 6.07) is 19.5. The number of amides is 1. The van der Waals surface area contributed by atoms with Crippen molar-refractivity contribution in [1.82, 2.24) is 10.3 Å². The van der Waals surface area contributed by atoms with Gasteiger partial charge in [-0.05, 0) is 48.9 Å². The van der Waals surface area contributed by atoms with Gasteiger partial charge in [-0.2, -0.15) is 0 Å². The Hall–Kier alpha value is -2.66. The lowest BCUT2D eigenvalue weighted by atomic mass is 10.1. The quantitative estimate of drug-likeness (QED) is 0.650. The standard InChI is InChI=1S/C20H18BrN3O/c1-14-2-4-15(5-3-14)12-23-20(25)16-6-11-19(22-13-16)24-18-9-7-17(21)8-10-18/h2-11,13H,12H2,1H3,(H,22,24)(H,23,25). The molecule has 25 heavy (non-hydrogen) atoms. The predicted octanol–water partition coefficient (Wildman–Crippen LogP) is 4.83. The molecule has 1 aromatic heterocycles. The number of nitrogens with zero attached hydrogens (tertiary/aromatic N) is 1. The molecule has 3 rings (SSSR count). The molecule has 126 valence electrons. The van der Waals surface area contributed by atoms with Gasteiger partial charge in [0.25, 0.3) is 5.91 Å². The first-order valence-electron chi connectivity index (χ1n) is 7.92. The van der Waals surface area contributed by atoms with Crippen LogP contribution in [0.25, 0.3) is 0 Å². The molecule has 0 aliphatic carbocycles. The maximum Gasteiger partial charge on any atom is 0.253 e. The van der Waals surface area contributed by atoms with Crippen molar-refractivity contribution in [1.29, 1.82) is 0 Å². The van der Waals surface area contributed by atoms with Crippen LogP contribution in [0.5, 0.6) is 0 Å². The number of benzene rings is 2. The first-order valence-corrected chi connectivity index (χ1v) is 8.72. The van der Waals surface area contributed by atoms with E-state index in [0.717, 1.165) is 15.7 Å². The van der Waals surface area contributed by atoms with Crippen molar-refractivity contribution in [2.24, 2.45) is 0 Å². The van der Waals surface area contributed by atoms with E-state index >= 15 is 0 Å². The summed E-state index contributed by atoms with van der Waals surface area (Å²) in [6.45, 7) is 2.54. The molecule has 0 fully saturated rings. The second-order valence-corrected chi connectivity index (χ2v) is 6.65. The zero-order chi connectivity index (χ0) is 17.6. The van der Waals surface area contributed by atoms with Crippen LogP contribution in [0.4, 0.5) is 11.5 Å². The Labute approximate surface area is 155 Å². The van der Waals surface area contributed by atoms with Gasteiger partial charge in [0, 0.05) is 22.9 Å². The number of anilines is 2. The molecule has 0 unspecified atom stereocenters. The SMILES string of the molecule is Cc1ccc(CNC(=O)c2ccc(Nc3ccc(Br)cc3)nc2)cc1. The number of hydrogen-bond acceptors (Lipinski definition) is 3.